The number of amides is 2. The highest BCUT2D eigenvalue weighted by Gasteiger charge is 2.40. The number of aliphatic carboxylic acids is 1. The number of benzene rings is 3. The van der Waals surface area contributed by atoms with Gasteiger partial charge < -0.3 is 20.5 Å². The summed E-state index contributed by atoms with van der Waals surface area (Å²) in [4.78, 5) is 24.3. The average Bonchev–Trinajstić information content (AvgIpc) is 3.48. The van der Waals surface area contributed by atoms with Crippen LogP contribution in [0.25, 0.3) is 0 Å². The predicted molar refractivity (Wildman–Crippen MR) is 154 cm³/mol. The SMILES string of the molecule is O=C(O)CCCCCOc1cc([C@@](Cc2ccccc2)(NC(=O)NC2CCCC2)c2cc(F)cc(C(F)(F)F)c2)ccc1F. The van der Waals surface area contributed by atoms with Crippen molar-refractivity contribution in [1.29, 1.82) is 0 Å². The van der Waals surface area contributed by atoms with E-state index in [1.165, 1.54) is 12.1 Å². The number of rotatable bonds is 13. The summed E-state index contributed by atoms with van der Waals surface area (Å²) in [6, 6.07) is 13.8. The van der Waals surface area contributed by atoms with Gasteiger partial charge in [-0.1, -0.05) is 49.2 Å². The fraction of sp³-hybridized carbons (Fsp3) is 0.394. The van der Waals surface area contributed by atoms with Crippen LogP contribution in [0.3, 0.4) is 0 Å². The highest BCUT2D eigenvalue weighted by atomic mass is 19.4. The van der Waals surface area contributed by atoms with Crippen LogP contribution in [-0.2, 0) is 22.9 Å². The van der Waals surface area contributed by atoms with Crippen LogP contribution in [0.2, 0.25) is 0 Å². The molecule has 3 N–H and O–H groups in total. The lowest BCUT2D eigenvalue weighted by Crippen LogP contribution is -2.53. The normalized spacial score (nSPS) is 15.0. The van der Waals surface area contributed by atoms with E-state index in [9.17, 15) is 31.5 Å². The molecule has 1 atom stereocenters. The van der Waals surface area contributed by atoms with E-state index in [1.54, 1.807) is 30.3 Å². The van der Waals surface area contributed by atoms with Gasteiger partial charge in [0.25, 0.3) is 0 Å². The third kappa shape index (κ3) is 8.70. The van der Waals surface area contributed by atoms with Crippen LogP contribution in [0.4, 0.5) is 26.7 Å². The molecule has 0 unspecified atom stereocenters. The molecule has 0 radical (unpaired) electrons. The standard InChI is InChI=1S/C33H35F5N2O4/c34-26-18-24(17-25(19-26)33(36,37)38)32(21-22-9-3-1-4-10-22,40-31(43)39-27-11-6-7-12-27)23-14-15-28(35)29(20-23)44-16-8-2-5-13-30(41)42/h1,3-4,9-10,14-15,17-20,27H,2,5-8,11-13,16,21H2,(H,41,42)(H2,39,40,43)/t32-/m1/s1. The minimum absolute atomic E-state index is 0.00596. The molecule has 6 nitrogen and oxygen atoms in total. The minimum Gasteiger partial charge on any atom is -0.491 e. The predicted octanol–water partition coefficient (Wildman–Crippen LogP) is 7.74. The quantitative estimate of drug-likeness (QED) is 0.135. The van der Waals surface area contributed by atoms with Crippen molar-refractivity contribution in [2.24, 2.45) is 0 Å². The number of urea groups is 1. The molecule has 0 aromatic heterocycles. The number of carboxylic acids is 1. The largest absolute Gasteiger partial charge is 0.491 e. The molecule has 3 aromatic rings. The van der Waals surface area contributed by atoms with Crippen molar-refractivity contribution < 1.29 is 41.4 Å². The van der Waals surface area contributed by atoms with Gasteiger partial charge in [0.2, 0.25) is 0 Å². The molecule has 4 rings (SSSR count). The first-order valence-corrected chi connectivity index (χ1v) is 14.6. The lowest BCUT2D eigenvalue weighted by atomic mass is 9.77. The molecule has 0 heterocycles. The molecule has 2 amide bonds. The first kappa shape index (κ1) is 32.8. The maximum Gasteiger partial charge on any atom is 0.416 e. The number of carbonyl (C=O) groups is 2. The number of alkyl halides is 3. The molecule has 44 heavy (non-hydrogen) atoms. The van der Waals surface area contributed by atoms with Crippen LogP contribution < -0.4 is 15.4 Å². The van der Waals surface area contributed by atoms with Crippen LogP contribution in [0, 0.1) is 11.6 Å². The van der Waals surface area contributed by atoms with E-state index >= 15 is 0 Å². The lowest BCUT2D eigenvalue weighted by molar-refractivity contribution is -0.138. The number of nitrogens with one attached hydrogen (secondary N) is 2. The Bertz CT molecular complexity index is 1430. The van der Waals surface area contributed by atoms with Crippen LogP contribution in [0.1, 0.15) is 73.6 Å². The fourth-order valence-corrected chi connectivity index (χ4v) is 5.56. The Morgan fingerprint density at radius 2 is 1.57 bits per heavy atom. The van der Waals surface area contributed by atoms with Gasteiger partial charge in [0.1, 0.15) is 5.82 Å². The summed E-state index contributed by atoms with van der Waals surface area (Å²) in [6.07, 6.45) is -0.244. The van der Waals surface area contributed by atoms with Gasteiger partial charge in [-0.05, 0) is 79.1 Å². The monoisotopic (exact) mass is 618 g/mol. The highest BCUT2D eigenvalue weighted by molar-refractivity contribution is 5.76. The van der Waals surface area contributed by atoms with Gasteiger partial charge >= 0.3 is 18.2 Å². The smallest absolute Gasteiger partial charge is 0.416 e. The van der Waals surface area contributed by atoms with Crippen molar-refractivity contribution in [3.63, 3.8) is 0 Å². The highest BCUT2D eigenvalue weighted by Crippen LogP contribution is 2.40. The molecular formula is C33H35F5N2O4. The van der Waals surface area contributed by atoms with E-state index in [1.807, 2.05) is 0 Å². The second-order valence-corrected chi connectivity index (χ2v) is 11.1. The van der Waals surface area contributed by atoms with Gasteiger partial charge in [0.15, 0.2) is 11.6 Å². The molecular weight excluding hydrogens is 583 g/mol. The summed E-state index contributed by atoms with van der Waals surface area (Å²) < 4.78 is 77.3. The van der Waals surface area contributed by atoms with Crippen molar-refractivity contribution in [3.05, 3.63) is 101 Å². The number of ether oxygens (including phenoxy) is 1. The third-order valence-corrected chi connectivity index (χ3v) is 7.76. The van der Waals surface area contributed by atoms with Gasteiger partial charge in [-0.2, -0.15) is 13.2 Å². The first-order chi connectivity index (χ1) is 21.0. The number of halogens is 5. The maximum absolute atomic E-state index is 15.0. The molecule has 11 heteroatoms. The molecule has 1 fully saturated rings. The summed E-state index contributed by atoms with van der Waals surface area (Å²) in [7, 11) is 0. The summed E-state index contributed by atoms with van der Waals surface area (Å²) in [5.41, 5.74) is -2.38. The topological polar surface area (TPSA) is 87.7 Å². The molecule has 1 aliphatic rings. The van der Waals surface area contributed by atoms with Crippen LogP contribution >= 0.6 is 0 Å². The third-order valence-electron chi connectivity index (χ3n) is 7.76. The molecule has 0 saturated heterocycles. The van der Waals surface area contributed by atoms with E-state index in [4.69, 9.17) is 9.84 Å². The number of carbonyl (C=O) groups excluding carboxylic acids is 1. The van der Waals surface area contributed by atoms with E-state index < -0.39 is 40.9 Å². The Labute approximate surface area is 252 Å². The maximum atomic E-state index is 15.0. The van der Waals surface area contributed by atoms with E-state index in [0.717, 1.165) is 43.9 Å². The zero-order chi connectivity index (χ0) is 31.7. The molecule has 236 valence electrons. The second-order valence-electron chi connectivity index (χ2n) is 11.1. The Kier molecular flexibility index (Phi) is 10.8. The molecule has 0 aliphatic heterocycles. The van der Waals surface area contributed by atoms with Crippen molar-refractivity contribution in [3.8, 4) is 5.75 Å². The van der Waals surface area contributed by atoms with Gasteiger partial charge in [0.05, 0.1) is 17.7 Å². The fourth-order valence-electron chi connectivity index (χ4n) is 5.56. The Morgan fingerprint density at radius 1 is 0.864 bits per heavy atom. The van der Waals surface area contributed by atoms with Crippen molar-refractivity contribution in [2.75, 3.05) is 6.61 Å². The Morgan fingerprint density at radius 3 is 2.25 bits per heavy atom. The summed E-state index contributed by atoms with van der Waals surface area (Å²) in [5, 5.41) is 14.6. The summed E-state index contributed by atoms with van der Waals surface area (Å²) >= 11 is 0. The number of carboxylic acid groups (broad SMARTS) is 1. The van der Waals surface area contributed by atoms with Crippen LogP contribution in [0.5, 0.6) is 5.75 Å². The van der Waals surface area contributed by atoms with Crippen molar-refractivity contribution >= 4 is 12.0 Å². The van der Waals surface area contributed by atoms with E-state index in [0.29, 0.717) is 30.9 Å². The van der Waals surface area contributed by atoms with Crippen molar-refractivity contribution in [1.82, 2.24) is 10.6 Å². The van der Waals surface area contributed by atoms with Gasteiger partial charge in [0, 0.05) is 18.9 Å². The van der Waals surface area contributed by atoms with Gasteiger partial charge in [-0.15, -0.1) is 0 Å². The number of hydrogen-bond donors (Lipinski definition) is 3. The lowest BCUT2D eigenvalue weighted by Gasteiger charge is -2.37. The molecule has 0 bridgehead atoms. The minimum atomic E-state index is -4.88. The molecule has 0 spiro atoms. The van der Waals surface area contributed by atoms with Crippen LogP contribution in [0.15, 0.2) is 66.7 Å². The zero-order valence-corrected chi connectivity index (χ0v) is 24.1. The zero-order valence-electron chi connectivity index (χ0n) is 24.1. The molecule has 3 aromatic carbocycles. The van der Waals surface area contributed by atoms with Crippen molar-refractivity contribution in [2.45, 2.75) is 75.5 Å². The number of hydrogen-bond acceptors (Lipinski definition) is 3. The molecule has 1 aliphatic carbocycles. The molecule has 1 saturated carbocycles. The van der Waals surface area contributed by atoms with E-state index in [-0.39, 0.29) is 42.4 Å². The average molecular weight is 619 g/mol. The van der Waals surface area contributed by atoms with Gasteiger partial charge in [-0.3, -0.25) is 4.79 Å². The first-order valence-electron chi connectivity index (χ1n) is 14.6. The summed E-state index contributed by atoms with van der Waals surface area (Å²) in [6.45, 7) is 0.0550. The van der Waals surface area contributed by atoms with E-state index in [2.05, 4.69) is 10.6 Å². The Hall–Kier alpha value is -4.15. The Balaban J connectivity index is 1.80. The number of unbranched alkanes of at least 4 members (excludes halogenated alkanes) is 2. The second kappa shape index (κ2) is 14.5. The van der Waals surface area contributed by atoms with Gasteiger partial charge in [-0.25, -0.2) is 13.6 Å². The summed E-state index contributed by atoms with van der Waals surface area (Å²) in [5.74, 6) is -3.01. The van der Waals surface area contributed by atoms with Crippen LogP contribution in [-0.4, -0.2) is 29.8 Å².